The van der Waals surface area contributed by atoms with Crippen LogP contribution in [0, 0.1) is 0 Å². The average molecular weight is 391 g/mol. The van der Waals surface area contributed by atoms with Gasteiger partial charge in [-0.1, -0.05) is 6.92 Å². The number of rotatable bonds is 6. The van der Waals surface area contributed by atoms with E-state index in [1.807, 2.05) is 24.8 Å². The molecule has 2 fully saturated rings. The first-order valence-electron chi connectivity index (χ1n) is 8.55. The van der Waals surface area contributed by atoms with E-state index in [4.69, 9.17) is 4.74 Å². The number of thiophene rings is 1. The van der Waals surface area contributed by atoms with E-state index >= 15 is 0 Å². The van der Waals surface area contributed by atoms with Crippen LogP contribution in [-0.4, -0.2) is 63.2 Å². The highest BCUT2D eigenvalue weighted by Gasteiger charge is 2.39. The third-order valence-electron chi connectivity index (χ3n) is 4.95. The lowest BCUT2D eigenvalue weighted by Gasteiger charge is -2.47. The molecular formula is C16H26N2O3S3. The van der Waals surface area contributed by atoms with Crippen molar-refractivity contribution in [3.63, 3.8) is 0 Å². The second kappa shape index (κ2) is 8.05. The molecule has 0 spiro atoms. The van der Waals surface area contributed by atoms with E-state index in [-0.39, 0.29) is 5.54 Å². The van der Waals surface area contributed by atoms with Crippen LogP contribution in [0.4, 0.5) is 0 Å². The second-order valence-electron chi connectivity index (χ2n) is 6.33. The number of nitrogens with zero attached hydrogens (tertiary/aromatic N) is 1. The summed E-state index contributed by atoms with van der Waals surface area (Å²) < 4.78 is 34.2. The lowest BCUT2D eigenvalue weighted by atomic mass is 9.89. The maximum atomic E-state index is 12.7. The van der Waals surface area contributed by atoms with Gasteiger partial charge >= 0.3 is 0 Å². The van der Waals surface area contributed by atoms with Gasteiger partial charge in [0.25, 0.3) is 0 Å². The van der Waals surface area contributed by atoms with Crippen LogP contribution in [0.2, 0.25) is 0 Å². The minimum absolute atomic E-state index is 0.0626. The number of ether oxygens (including phenoxy) is 1. The monoisotopic (exact) mass is 390 g/mol. The molecule has 3 heterocycles. The minimum Gasteiger partial charge on any atom is -0.379 e. The molecule has 0 amide bonds. The van der Waals surface area contributed by atoms with E-state index in [1.165, 1.54) is 11.3 Å². The number of hydrogen-bond donors (Lipinski definition) is 1. The fourth-order valence-electron chi connectivity index (χ4n) is 3.39. The summed E-state index contributed by atoms with van der Waals surface area (Å²) in [5, 5.41) is 0. The van der Waals surface area contributed by atoms with Crippen LogP contribution in [0.5, 0.6) is 0 Å². The predicted octanol–water partition coefficient (Wildman–Crippen LogP) is 2.19. The number of hydrogen-bond acceptors (Lipinski definition) is 6. The second-order valence-corrected chi connectivity index (χ2v) is 10.7. The summed E-state index contributed by atoms with van der Waals surface area (Å²) in [7, 11) is -3.42. The number of thioether (sulfide) groups is 1. The standard InChI is InChI=1S/C16H26N2O3S3/c1-2-14-3-4-15(23-14)24(19,20)17-13-16(5-11-22-12-6-16)18-7-9-21-10-8-18/h3-4,17H,2,5-13H2,1H3. The van der Waals surface area contributed by atoms with Gasteiger partial charge in [-0.25, -0.2) is 13.1 Å². The molecule has 0 atom stereocenters. The first-order valence-corrected chi connectivity index (χ1v) is 12.0. The summed E-state index contributed by atoms with van der Waals surface area (Å²) in [6.45, 7) is 5.81. The molecule has 0 aromatic carbocycles. The van der Waals surface area contributed by atoms with Gasteiger partial charge in [0.05, 0.1) is 13.2 Å². The molecule has 5 nitrogen and oxygen atoms in total. The summed E-state index contributed by atoms with van der Waals surface area (Å²) in [6, 6.07) is 3.64. The highest BCUT2D eigenvalue weighted by Crippen LogP contribution is 2.33. The highest BCUT2D eigenvalue weighted by molar-refractivity contribution is 7.99. The minimum atomic E-state index is -3.42. The van der Waals surface area contributed by atoms with Gasteiger partial charge in [0.15, 0.2) is 0 Å². The fourth-order valence-corrected chi connectivity index (χ4v) is 7.10. The topological polar surface area (TPSA) is 58.6 Å². The van der Waals surface area contributed by atoms with Crippen molar-refractivity contribution in [3.8, 4) is 0 Å². The Morgan fingerprint density at radius 1 is 1.25 bits per heavy atom. The maximum absolute atomic E-state index is 12.7. The van der Waals surface area contributed by atoms with E-state index in [1.54, 1.807) is 6.07 Å². The number of sulfonamides is 1. The zero-order chi connectivity index (χ0) is 17.0. The molecule has 0 saturated carbocycles. The van der Waals surface area contributed by atoms with Crippen molar-refractivity contribution in [2.24, 2.45) is 0 Å². The van der Waals surface area contributed by atoms with Crippen LogP contribution >= 0.6 is 23.1 Å². The van der Waals surface area contributed by atoms with Crippen molar-refractivity contribution in [2.45, 2.75) is 35.9 Å². The van der Waals surface area contributed by atoms with Crippen molar-refractivity contribution in [1.82, 2.24) is 9.62 Å². The van der Waals surface area contributed by atoms with Gasteiger partial charge in [0.1, 0.15) is 4.21 Å². The summed E-state index contributed by atoms with van der Waals surface area (Å²) in [5.74, 6) is 2.19. The Bertz CT molecular complexity index is 633. The Morgan fingerprint density at radius 2 is 1.96 bits per heavy atom. The predicted molar refractivity (Wildman–Crippen MR) is 101 cm³/mol. The Morgan fingerprint density at radius 3 is 2.58 bits per heavy atom. The molecule has 0 radical (unpaired) electrons. The molecule has 2 aliphatic heterocycles. The number of morpholine rings is 1. The summed E-state index contributed by atoms with van der Waals surface area (Å²) in [4.78, 5) is 3.55. The van der Waals surface area contributed by atoms with Crippen LogP contribution < -0.4 is 4.72 Å². The third-order valence-corrected chi connectivity index (χ3v) is 9.06. The largest absolute Gasteiger partial charge is 0.379 e. The average Bonchev–Trinajstić information content (AvgIpc) is 3.12. The van der Waals surface area contributed by atoms with Crippen molar-refractivity contribution >= 4 is 33.1 Å². The molecule has 1 aromatic rings. The maximum Gasteiger partial charge on any atom is 0.250 e. The van der Waals surface area contributed by atoms with Crippen LogP contribution in [0.15, 0.2) is 16.3 Å². The molecule has 1 N–H and O–H groups in total. The van der Waals surface area contributed by atoms with Crippen molar-refractivity contribution in [3.05, 3.63) is 17.0 Å². The Kier molecular flexibility index (Phi) is 6.26. The smallest absolute Gasteiger partial charge is 0.250 e. The Hall–Kier alpha value is -0.120. The first kappa shape index (κ1) is 18.7. The van der Waals surface area contributed by atoms with Gasteiger partial charge in [-0.3, -0.25) is 4.90 Å². The summed E-state index contributed by atoms with van der Waals surface area (Å²) in [6.07, 6.45) is 2.94. The van der Waals surface area contributed by atoms with E-state index in [2.05, 4.69) is 9.62 Å². The third kappa shape index (κ3) is 4.16. The van der Waals surface area contributed by atoms with Gasteiger partial charge in [0, 0.05) is 30.1 Å². The van der Waals surface area contributed by atoms with Crippen LogP contribution in [0.3, 0.4) is 0 Å². The van der Waals surface area contributed by atoms with Gasteiger partial charge in [-0.05, 0) is 42.9 Å². The zero-order valence-corrected chi connectivity index (χ0v) is 16.6. The molecule has 136 valence electrons. The van der Waals surface area contributed by atoms with E-state index in [9.17, 15) is 8.42 Å². The molecule has 1 aromatic heterocycles. The van der Waals surface area contributed by atoms with Gasteiger partial charge in [0.2, 0.25) is 10.0 Å². The quantitative estimate of drug-likeness (QED) is 0.807. The molecule has 0 aliphatic carbocycles. The van der Waals surface area contributed by atoms with Gasteiger partial charge in [-0.15, -0.1) is 11.3 Å². The van der Waals surface area contributed by atoms with Gasteiger partial charge < -0.3 is 4.74 Å². The van der Waals surface area contributed by atoms with Crippen molar-refractivity contribution in [1.29, 1.82) is 0 Å². The fraction of sp³-hybridized carbons (Fsp3) is 0.750. The molecule has 2 aliphatic rings. The van der Waals surface area contributed by atoms with E-state index < -0.39 is 10.0 Å². The normalized spacial score (nSPS) is 22.5. The SMILES string of the molecule is CCc1ccc(S(=O)(=O)NCC2(N3CCOCC3)CCSCC2)s1. The molecule has 0 bridgehead atoms. The highest BCUT2D eigenvalue weighted by atomic mass is 32.2. The summed E-state index contributed by atoms with van der Waals surface area (Å²) >= 11 is 3.34. The summed E-state index contributed by atoms with van der Waals surface area (Å²) in [5.41, 5.74) is -0.0626. The van der Waals surface area contributed by atoms with Crippen molar-refractivity contribution < 1.29 is 13.2 Å². The molecule has 2 saturated heterocycles. The molecular weight excluding hydrogens is 364 g/mol. The lowest BCUT2D eigenvalue weighted by molar-refractivity contribution is -0.0242. The van der Waals surface area contributed by atoms with Crippen molar-refractivity contribution in [2.75, 3.05) is 44.4 Å². The number of nitrogens with one attached hydrogen (secondary N) is 1. The van der Waals surface area contributed by atoms with E-state index in [0.717, 1.165) is 61.9 Å². The molecule has 0 unspecified atom stereocenters. The lowest BCUT2D eigenvalue weighted by Crippen LogP contribution is -2.60. The molecule has 3 rings (SSSR count). The Balaban J connectivity index is 1.72. The first-order chi connectivity index (χ1) is 11.6. The number of aryl methyl sites for hydroxylation is 1. The van der Waals surface area contributed by atoms with Crippen LogP contribution in [0.25, 0.3) is 0 Å². The zero-order valence-electron chi connectivity index (χ0n) is 14.1. The van der Waals surface area contributed by atoms with Crippen LogP contribution in [-0.2, 0) is 21.2 Å². The van der Waals surface area contributed by atoms with Crippen LogP contribution in [0.1, 0.15) is 24.6 Å². The van der Waals surface area contributed by atoms with Gasteiger partial charge in [-0.2, -0.15) is 11.8 Å². The van der Waals surface area contributed by atoms with E-state index in [0.29, 0.717) is 10.8 Å². The molecule has 8 heteroatoms. The molecule has 24 heavy (non-hydrogen) atoms. The Labute approximate surface area is 153 Å².